The molecule has 3 rings (SSSR count). The Hall–Kier alpha value is -2.24. The molecule has 0 aliphatic heterocycles. The van der Waals surface area contributed by atoms with Crippen LogP contribution in [0.4, 0.5) is 13.2 Å². The molecule has 0 radical (unpaired) electrons. The molecule has 0 amide bonds. The average Bonchev–Trinajstić information content (AvgIpc) is 2.69. The van der Waals surface area contributed by atoms with Crippen LogP contribution in [0.5, 0.6) is 5.88 Å². The van der Waals surface area contributed by atoms with E-state index >= 15 is 0 Å². The highest BCUT2D eigenvalue weighted by Gasteiger charge is 2.31. The minimum absolute atomic E-state index is 0.337. The molecule has 6 heteroatoms. The predicted octanol–water partition coefficient (Wildman–Crippen LogP) is 3.61. The maximum atomic E-state index is 12.1. The Morgan fingerprint density at radius 1 is 1.17 bits per heavy atom. The van der Waals surface area contributed by atoms with Crippen LogP contribution >= 0.6 is 0 Å². The Labute approximate surface area is 99.2 Å². The summed E-state index contributed by atoms with van der Waals surface area (Å²) in [6, 6.07) is 8.48. The van der Waals surface area contributed by atoms with Crippen LogP contribution in [0, 0.1) is 0 Å². The maximum Gasteiger partial charge on any atom is 0.574 e. The molecule has 0 bridgehead atoms. The number of ether oxygens (including phenoxy) is 1. The SMILES string of the molecule is FC(F)(F)Oc1cc2cnc3ccccc3c2[nH]1. The van der Waals surface area contributed by atoms with Gasteiger partial charge >= 0.3 is 6.36 Å². The first-order valence-electron chi connectivity index (χ1n) is 5.15. The number of hydrogen-bond acceptors (Lipinski definition) is 2. The van der Waals surface area contributed by atoms with Gasteiger partial charge in [0.05, 0.1) is 11.0 Å². The summed E-state index contributed by atoms with van der Waals surface area (Å²) < 4.78 is 40.2. The van der Waals surface area contributed by atoms with Gasteiger partial charge in [-0.25, -0.2) is 0 Å². The van der Waals surface area contributed by atoms with Crippen LogP contribution in [0.15, 0.2) is 36.5 Å². The number of H-pyrrole nitrogens is 1. The van der Waals surface area contributed by atoms with Crippen LogP contribution in [0.2, 0.25) is 0 Å². The fourth-order valence-corrected chi connectivity index (χ4v) is 1.89. The summed E-state index contributed by atoms with van der Waals surface area (Å²) in [7, 11) is 0. The number of nitrogens with one attached hydrogen (secondary N) is 1. The minimum atomic E-state index is -4.70. The van der Waals surface area contributed by atoms with Crippen LogP contribution in [-0.2, 0) is 0 Å². The van der Waals surface area contributed by atoms with Gasteiger partial charge in [-0.05, 0) is 6.07 Å². The van der Waals surface area contributed by atoms with Gasteiger partial charge in [0.1, 0.15) is 0 Å². The van der Waals surface area contributed by atoms with Crippen molar-refractivity contribution in [1.29, 1.82) is 0 Å². The number of aromatic amines is 1. The highest BCUT2D eigenvalue weighted by atomic mass is 19.4. The number of pyridine rings is 1. The summed E-state index contributed by atoms with van der Waals surface area (Å²) in [6.07, 6.45) is -3.19. The largest absolute Gasteiger partial charge is 0.574 e. The van der Waals surface area contributed by atoms with E-state index in [1.165, 1.54) is 12.3 Å². The van der Waals surface area contributed by atoms with Crippen molar-refractivity contribution in [2.75, 3.05) is 0 Å². The highest BCUT2D eigenvalue weighted by Crippen LogP contribution is 2.29. The Morgan fingerprint density at radius 3 is 2.72 bits per heavy atom. The molecule has 0 saturated carbocycles. The quantitative estimate of drug-likeness (QED) is 0.718. The molecule has 0 aliphatic carbocycles. The lowest BCUT2D eigenvalue weighted by molar-refractivity contribution is -0.275. The molecule has 0 fully saturated rings. The van der Waals surface area contributed by atoms with Crippen molar-refractivity contribution in [2.45, 2.75) is 6.36 Å². The van der Waals surface area contributed by atoms with E-state index in [0.29, 0.717) is 16.4 Å². The summed E-state index contributed by atoms with van der Waals surface area (Å²) >= 11 is 0. The smallest absolute Gasteiger partial charge is 0.390 e. The second-order valence-electron chi connectivity index (χ2n) is 3.79. The van der Waals surface area contributed by atoms with Gasteiger partial charge in [0.25, 0.3) is 0 Å². The molecular formula is C12H7F3N2O. The molecule has 2 aromatic heterocycles. The molecule has 18 heavy (non-hydrogen) atoms. The summed E-state index contributed by atoms with van der Waals surface area (Å²) in [5, 5.41) is 1.33. The van der Waals surface area contributed by atoms with Gasteiger partial charge < -0.3 is 9.72 Å². The number of hydrogen-bond donors (Lipinski definition) is 1. The van der Waals surface area contributed by atoms with Gasteiger partial charge in [-0.2, -0.15) is 0 Å². The predicted molar refractivity (Wildman–Crippen MR) is 60.3 cm³/mol. The number of halogens is 3. The standard InChI is InChI=1S/C12H7F3N2O/c13-12(14,15)18-10-5-7-6-16-9-4-2-1-3-8(9)11(7)17-10/h1-6,17H. The van der Waals surface area contributed by atoms with E-state index in [-0.39, 0.29) is 5.88 Å². The number of nitrogens with zero attached hydrogens (tertiary/aromatic N) is 1. The van der Waals surface area contributed by atoms with E-state index in [0.717, 1.165) is 5.39 Å². The number of alkyl halides is 3. The zero-order chi connectivity index (χ0) is 12.8. The second kappa shape index (κ2) is 3.63. The molecular weight excluding hydrogens is 245 g/mol. The molecule has 2 heterocycles. The monoisotopic (exact) mass is 252 g/mol. The molecule has 92 valence electrons. The van der Waals surface area contributed by atoms with E-state index in [9.17, 15) is 13.2 Å². The van der Waals surface area contributed by atoms with Crippen LogP contribution in [0.1, 0.15) is 0 Å². The number of rotatable bonds is 1. The molecule has 3 aromatic rings. The van der Waals surface area contributed by atoms with Gasteiger partial charge in [-0.3, -0.25) is 4.98 Å². The number of para-hydroxylation sites is 1. The van der Waals surface area contributed by atoms with Gasteiger partial charge in [0.15, 0.2) is 0 Å². The molecule has 0 saturated heterocycles. The summed E-state index contributed by atoms with van der Waals surface area (Å²) in [6.45, 7) is 0. The van der Waals surface area contributed by atoms with Crippen molar-refractivity contribution in [1.82, 2.24) is 9.97 Å². The second-order valence-corrected chi connectivity index (χ2v) is 3.79. The summed E-state index contributed by atoms with van der Waals surface area (Å²) in [5.74, 6) is -0.337. The van der Waals surface area contributed by atoms with Crippen LogP contribution in [0.25, 0.3) is 21.8 Å². The Bertz CT molecular complexity index is 718. The van der Waals surface area contributed by atoms with Gasteiger partial charge in [-0.15, -0.1) is 13.2 Å². The summed E-state index contributed by atoms with van der Waals surface area (Å²) in [5.41, 5.74) is 1.30. The van der Waals surface area contributed by atoms with Crippen LogP contribution in [-0.4, -0.2) is 16.3 Å². The molecule has 0 atom stereocenters. The lowest BCUT2D eigenvalue weighted by atomic mass is 10.2. The molecule has 0 aliphatic rings. The Balaban J connectivity index is 2.20. The number of benzene rings is 1. The third-order valence-corrected chi connectivity index (χ3v) is 2.57. The molecule has 0 spiro atoms. The third-order valence-electron chi connectivity index (χ3n) is 2.57. The van der Waals surface area contributed by atoms with Crippen molar-refractivity contribution < 1.29 is 17.9 Å². The van der Waals surface area contributed by atoms with Crippen molar-refractivity contribution >= 4 is 21.8 Å². The molecule has 0 unspecified atom stereocenters. The molecule has 1 N–H and O–H groups in total. The molecule has 1 aromatic carbocycles. The fraction of sp³-hybridized carbons (Fsp3) is 0.0833. The van der Waals surface area contributed by atoms with Crippen molar-refractivity contribution in [3.05, 3.63) is 36.5 Å². The zero-order valence-corrected chi connectivity index (χ0v) is 8.95. The lowest BCUT2D eigenvalue weighted by Gasteiger charge is -2.05. The van der Waals surface area contributed by atoms with Crippen LogP contribution in [0.3, 0.4) is 0 Å². The van der Waals surface area contributed by atoms with Gasteiger partial charge in [0, 0.05) is 23.0 Å². The third kappa shape index (κ3) is 1.85. The topological polar surface area (TPSA) is 37.9 Å². The van der Waals surface area contributed by atoms with Gasteiger partial charge in [-0.1, -0.05) is 18.2 Å². The first kappa shape index (κ1) is 10.9. The summed E-state index contributed by atoms with van der Waals surface area (Å²) in [4.78, 5) is 6.78. The van der Waals surface area contributed by atoms with Gasteiger partial charge in [0.2, 0.25) is 5.88 Å². The van der Waals surface area contributed by atoms with E-state index in [4.69, 9.17) is 0 Å². The average molecular weight is 252 g/mol. The van der Waals surface area contributed by atoms with E-state index < -0.39 is 6.36 Å². The minimum Gasteiger partial charge on any atom is -0.390 e. The molecule has 3 nitrogen and oxygen atoms in total. The van der Waals surface area contributed by atoms with Crippen molar-refractivity contribution in [2.24, 2.45) is 0 Å². The first-order valence-corrected chi connectivity index (χ1v) is 5.15. The Morgan fingerprint density at radius 2 is 1.94 bits per heavy atom. The van der Waals surface area contributed by atoms with Crippen LogP contribution < -0.4 is 4.74 Å². The number of aromatic nitrogens is 2. The maximum absolute atomic E-state index is 12.1. The zero-order valence-electron chi connectivity index (χ0n) is 8.95. The van der Waals surface area contributed by atoms with E-state index in [1.54, 1.807) is 18.2 Å². The first-order chi connectivity index (χ1) is 8.53. The Kier molecular flexibility index (Phi) is 2.19. The number of fused-ring (bicyclic) bond motifs is 3. The fourth-order valence-electron chi connectivity index (χ4n) is 1.89. The van der Waals surface area contributed by atoms with Crippen molar-refractivity contribution in [3.8, 4) is 5.88 Å². The van der Waals surface area contributed by atoms with Crippen molar-refractivity contribution in [3.63, 3.8) is 0 Å². The normalized spacial score (nSPS) is 12.2. The van der Waals surface area contributed by atoms with E-state index in [2.05, 4.69) is 14.7 Å². The lowest BCUT2D eigenvalue weighted by Crippen LogP contribution is -2.17. The highest BCUT2D eigenvalue weighted by molar-refractivity contribution is 6.03. The van der Waals surface area contributed by atoms with E-state index in [1.807, 2.05) is 6.07 Å².